The lowest BCUT2D eigenvalue weighted by Gasteiger charge is -2.27. The monoisotopic (exact) mass is 224 g/mol. The minimum Gasteiger partial charge on any atom is -0.342 e. The molecule has 4 atom stereocenters. The zero-order valence-electron chi connectivity index (χ0n) is 10.5. The summed E-state index contributed by atoms with van der Waals surface area (Å²) >= 11 is 0. The lowest BCUT2D eigenvalue weighted by molar-refractivity contribution is -0.132. The Morgan fingerprint density at radius 3 is 2.69 bits per heavy atom. The average molecular weight is 224 g/mol. The maximum Gasteiger partial charge on any atom is 0.222 e. The highest BCUT2D eigenvalue weighted by Crippen LogP contribution is 2.49. The summed E-state index contributed by atoms with van der Waals surface area (Å²) < 4.78 is 0. The second-order valence-electron chi connectivity index (χ2n) is 5.73. The van der Waals surface area contributed by atoms with Gasteiger partial charge in [-0.15, -0.1) is 0 Å². The largest absolute Gasteiger partial charge is 0.342 e. The van der Waals surface area contributed by atoms with Crippen molar-refractivity contribution in [1.82, 2.24) is 4.90 Å². The second kappa shape index (κ2) is 4.74. The summed E-state index contributed by atoms with van der Waals surface area (Å²) in [4.78, 5) is 13.9. The number of carbonyl (C=O) groups excluding carboxylic acids is 1. The normalized spacial score (nSPS) is 34.1. The molecule has 0 aromatic heterocycles. The molecule has 0 aromatic carbocycles. The van der Waals surface area contributed by atoms with Crippen LogP contribution in [0.3, 0.4) is 0 Å². The van der Waals surface area contributed by atoms with Crippen molar-refractivity contribution in [2.24, 2.45) is 23.5 Å². The molecule has 2 aliphatic rings. The van der Waals surface area contributed by atoms with E-state index in [1.54, 1.807) is 0 Å². The van der Waals surface area contributed by atoms with Crippen molar-refractivity contribution in [1.29, 1.82) is 0 Å². The van der Waals surface area contributed by atoms with Crippen molar-refractivity contribution >= 4 is 5.91 Å². The molecule has 2 saturated carbocycles. The molecule has 2 N–H and O–H groups in total. The molecule has 3 heteroatoms. The SMILES string of the molecule is CC(CN)N(C)C(=O)CC1CC2CCC1C2. The van der Waals surface area contributed by atoms with Crippen LogP contribution in [0.25, 0.3) is 0 Å². The van der Waals surface area contributed by atoms with Gasteiger partial charge in [0.15, 0.2) is 0 Å². The van der Waals surface area contributed by atoms with Crippen molar-refractivity contribution in [3.05, 3.63) is 0 Å². The molecule has 4 unspecified atom stereocenters. The van der Waals surface area contributed by atoms with Gasteiger partial charge in [-0.25, -0.2) is 0 Å². The van der Waals surface area contributed by atoms with Gasteiger partial charge in [0, 0.05) is 26.1 Å². The predicted octanol–water partition coefficient (Wildman–Crippen LogP) is 1.62. The Morgan fingerprint density at radius 1 is 1.44 bits per heavy atom. The summed E-state index contributed by atoms with van der Waals surface area (Å²) in [5.74, 6) is 2.73. The van der Waals surface area contributed by atoms with Gasteiger partial charge < -0.3 is 10.6 Å². The molecule has 0 spiro atoms. The number of rotatable bonds is 4. The first kappa shape index (κ1) is 11.9. The minimum atomic E-state index is 0.172. The molecule has 0 radical (unpaired) electrons. The topological polar surface area (TPSA) is 46.3 Å². The first-order valence-electron chi connectivity index (χ1n) is 6.57. The number of nitrogens with zero attached hydrogens (tertiary/aromatic N) is 1. The van der Waals surface area contributed by atoms with Crippen LogP contribution < -0.4 is 5.73 Å². The second-order valence-corrected chi connectivity index (χ2v) is 5.73. The fraction of sp³-hybridized carbons (Fsp3) is 0.923. The van der Waals surface area contributed by atoms with E-state index in [0.29, 0.717) is 12.5 Å². The Kier molecular flexibility index (Phi) is 3.53. The van der Waals surface area contributed by atoms with E-state index in [1.165, 1.54) is 25.7 Å². The van der Waals surface area contributed by atoms with E-state index in [0.717, 1.165) is 18.3 Å². The number of fused-ring (bicyclic) bond motifs is 2. The molecule has 0 aliphatic heterocycles. The third-order valence-corrected chi connectivity index (χ3v) is 4.72. The molecule has 2 bridgehead atoms. The first-order chi connectivity index (χ1) is 7.61. The van der Waals surface area contributed by atoms with Crippen LogP contribution in [0.1, 0.15) is 39.0 Å². The predicted molar refractivity (Wildman–Crippen MR) is 64.8 cm³/mol. The zero-order valence-corrected chi connectivity index (χ0v) is 10.5. The van der Waals surface area contributed by atoms with Crippen LogP contribution in [0.15, 0.2) is 0 Å². The van der Waals surface area contributed by atoms with Crippen LogP contribution in [-0.2, 0) is 4.79 Å². The molecule has 3 nitrogen and oxygen atoms in total. The molecule has 2 fully saturated rings. The van der Waals surface area contributed by atoms with Crippen LogP contribution in [0.5, 0.6) is 0 Å². The van der Waals surface area contributed by atoms with E-state index < -0.39 is 0 Å². The van der Waals surface area contributed by atoms with Gasteiger partial charge in [-0.1, -0.05) is 6.42 Å². The van der Waals surface area contributed by atoms with Gasteiger partial charge >= 0.3 is 0 Å². The van der Waals surface area contributed by atoms with Gasteiger partial charge in [-0.05, 0) is 43.9 Å². The van der Waals surface area contributed by atoms with Crippen LogP contribution in [0.2, 0.25) is 0 Å². The zero-order chi connectivity index (χ0) is 11.7. The summed E-state index contributed by atoms with van der Waals surface area (Å²) in [7, 11) is 1.88. The highest BCUT2D eigenvalue weighted by molar-refractivity contribution is 5.76. The molecular formula is C13H24N2O. The van der Waals surface area contributed by atoms with E-state index in [1.807, 2.05) is 18.9 Å². The Balaban J connectivity index is 1.83. The highest BCUT2D eigenvalue weighted by atomic mass is 16.2. The third kappa shape index (κ3) is 2.24. The fourth-order valence-corrected chi connectivity index (χ4v) is 3.40. The Labute approximate surface area is 98.4 Å². The Hall–Kier alpha value is -0.570. The van der Waals surface area contributed by atoms with Crippen molar-refractivity contribution in [2.75, 3.05) is 13.6 Å². The van der Waals surface area contributed by atoms with Gasteiger partial charge in [-0.3, -0.25) is 4.79 Å². The molecule has 2 aliphatic carbocycles. The smallest absolute Gasteiger partial charge is 0.222 e. The molecule has 0 heterocycles. The van der Waals surface area contributed by atoms with Crippen LogP contribution >= 0.6 is 0 Å². The summed E-state index contributed by atoms with van der Waals surface area (Å²) in [6.45, 7) is 2.57. The number of hydrogen-bond acceptors (Lipinski definition) is 2. The Bertz CT molecular complexity index is 267. The maximum absolute atomic E-state index is 12.0. The molecule has 1 amide bonds. The van der Waals surface area contributed by atoms with Gasteiger partial charge in [0.2, 0.25) is 5.91 Å². The number of carbonyl (C=O) groups is 1. The van der Waals surface area contributed by atoms with Crippen LogP contribution in [0.4, 0.5) is 0 Å². The fourth-order valence-electron chi connectivity index (χ4n) is 3.40. The summed E-state index contributed by atoms with van der Waals surface area (Å²) in [5.41, 5.74) is 5.59. The molecular weight excluding hydrogens is 200 g/mol. The lowest BCUT2D eigenvalue weighted by Crippen LogP contribution is -2.40. The number of amides is 1. The number of likely N-dealkylation sites (N-methyl/N-ethyl adjacent to an activating group) is 1. The van der Waals surface area contributed by atoms with Crippen molar-refractivity contribution in [2.45, 2.75) is 45.1 Å². The third-order valence-electron chi connectivity index (χ3n) is 4.72. The maximum atomic E-state index is 12.0. The van der Waals surface area contributed by atoms with Crippen molar-refractivity contribution in [3.8, 4) is 0 Å². The molecule has 0 aromatic rings. The van der Waals surface area contributed by atoms with Gasteiger partial charge in [-0.2, -0.15) is 0 Å². The quantitative estimate of drug-likeness (QED) is 0.788. The van der Waals surface area contributed by atoms with E-state index >= 15 is 0 Å². The summed E-state index contributed by atoms with van der Waals surface area (Å²) in [6, 6.07) is 0.172. The van der Waals surface area contributed by atoms with Crippen LogP contribution in [0, 0.1) is 17.8 Å². The highest BCUT2D eigenvalue weighted by Gasteiger charge is 2.40. The number of hydrogen-bond donors (Lipinski definition) is 1. The standard InChI is InChI=1S/C13H24N2O/c1-9(8-14)15(2)13(16)7-12-6-10-3-4-11(12)5-10/h9-12H,3-8,14H2,1-2H3. The van der Waals surface area contributed by atoms with E-state index in [4.69, 9.17) is 5.73 Å². The molecule has 16 heavy (non-hydrogen) atoms. The van der Waals surface area contributed by atoms with Gasteiger partial charge in [0.05, 0.1) is 0 Å². The lowest BCUT2D eigenvalue weighted by atomic mass is 9.86. The van der Waals surface area contributed by atoms with E-state index in [9.17, 15) is 4.79 Å². The summed E-state index contributed by atoms with van der Waals surface area (Å²) in [6.07, 6.45) is 6.19. The Morgan fingerprint density at radius 2 is 2.19 bits per heavy atom. The van der Waals surface area contributed by atoms with Crippen molar-refractivity contribution < 1.29 is 4.79 Å². The minimum absolute atomic E-state index is 0.172. The average Bonchev–Trinajstić information content (AvgIpc) is 2.88. The molecule has 2 rings (SSSR count). The van der Waals surface area contributed by atoms with Crippen LogP contribution in [-0.4, -0.2) is 30.4 Å². The van der Waals surface area contributed by atoms with E-state index in [-0.39, 0.29) is 11.9 Å². The van der Waals surface area contributed by atoms with Crippen molar-refractivity contribution in [3.63, 3.8) is 0 Å². The first-order valence-corrected chi connectivity index (χ1v) is 6.57. The van der Waals surface area contributed by atoms with E-state index in [2.05, 4.69) is 0 Å². The van der Waals surface area contributed by atoms with Gasteiger partial charge in [0.1, 0.15) is 0 Å². The molecule has 92 valence electrons. The van der Waals surface area contributed by atoms with Gasteiger partial charge in [0.25, 0.3) is 0 Å². The summed E-state index contributed by atoms with van der Waals surface area (Å²) in [5, 5.41) is 0. The molecule has 0 saturated heterocycles. The number of nitrogens with two attached hydrogens (primary N) is 1.